The van der Waals surface area contributed by atoms with Crippen molar-refractivity contribution in [2.45, 2.75) is 6.18 Å². The minimum absolute atomic E-state index is 0.0763. The highest BCUT2D eigenvalue weighted by molar-refractivity contribution is 5.89. The number of nitrogens with two attached hydrogens (primary N) is 1. The van der Waals surface area contributed by atoms with Gasteiger partial charge < -0.3 is 30.5 Å². The molecular formula is C24H23F3N4O5. The molecule has 0 bridgehead atoms. The van der Waals surface area contributed by atoms with Gasteiger partial charge in [0, 0.05) is 29.5 Å². The molecule has 4 aromatic rings. The fourth-order valence-corrected chi connectivity index (χ4v) is 3.22. The van der Waals surface area contributed by atoms with Gasteiger partial charge in [-0.15, -0.1) is 0 Å². The summed E-state index contributed by atoms with van der Waals surface area (Å²) in [6.07, 6.45) is -4.85. The van der Waals surface area contributed by atoms with E-state index >= 15 is 0 Å². The molecule has 2 heterocycles. The van der Waals surface area contributed by atoms with Crippen LogP contribution in [0.3, 0.4) is 0 Å². The molecule has 4 rings (SSSR count). The molecule has 0 atom stereocenters. The van der Waals surface area contributed by atoms with E-state index in [0.29, 0.717) is 31.5 Å². The second-order valence-electron chi connectivity index (χ2n) is 7.45. The number of benzene rings is 2. The van der Waals surface area contributed by atoms with Gasteiger partial charge in [0.05, 0.1) is 18.4 Å². The zero-order chi connectivity index (χ0) is 26.3. The third-order valence-electron chi connectivity index (χ3n) is 4.89. The van der Waals surface area contributed by atoms with E-state index in [9.17, 15) is 27.6 Å². The van der Waals surface area contributed by atoms with E-state index < -0.39 is 12.1 Å². The molecule has 0 aliphatic rings. The third kappa shape index (κ3) is 6.63. The number of esters is 1. The lowest BCUT2D eigenvalue weighted by Crippen LogP contribution is -2.32. The van der Waals surface area contributed by atoms with Gasteiger partial charge in [0.2, 0.25) is 0 Å². The van der Waals surface area contributed by atoms with E-state index in [2.05, 4.69) is 20.0 Å². The third-order valence-corrected chi connectivity index (χ3v) is 4.89. The lowest BCUT2D eigenvalue weighted by Gasteiger charge is -2.06. The highest BCUT2D eigenvalue weighted by Crippen LogP contribution is 2.26. The SMILES string of the molecule is COC(=O)C(F)(F)F.NCCNC(=O)COc1ccc2[nH]c(-c3cc4ccccc4[nH]c3=O)cc2c1. The number of aromatic nitrogens is 2. The summed E-state index contributed by atoms with van der Waals surface area (Å²) in [5, 5.41) is 4.51. The number of amides is 1. The maximum absolute atomic E-state index is 12.5. The predicted molar refractivity (Wildman–Crippen MR) is 127 cm³/mol. The highest BCUT2D eigenvalue weighted by atomic mass is 19.4. The van der Waals surface area contributed by atoms with Crippen LogP contribution in [0.5, 0.6) is 5.75 Å². The van der Waals surface area contributed by atoms with E-state index in [0.717, 1.165) is 27.5 Å². The number of ether oxygens (including phenoxy) is 2. The average Bonchev–Trinajstić information content (AvgIpc) is 3.28. The van der Waals surface area contributed by atoms with Crippen molar-refractivity contribution in [3.63, 3.8) is 0 Å². The van der Waals surface area contributed by atoms with E-state index in [4.69, 9.17) is 10.5 Å². The summed E-state index contributed by atoms with van der Waals surface area (Å²) < 4.78 is 41.8. The maximum Gasteiger partial charge on any atom is 0.490 e. The van der Waals surface area contributed by atoms with Crippen molar-refractivity contribution in [3.8, 4) is 17.0 Å². The number of alkyl halides is 3. The highest BCUT2D eigenvalue weighted by Gasteiger charge is 2.40. The first-order valence-corrected chi connectivity index (χ1v) is 10.6. The molecule has 0 unspecified atom stereocenters. The van der Waals surface area contributed by atoms with Crippen LogP contribution in [-0.2, 0) is 14.3 Å². The van der Waals surface area contributed by atoms with Crippen molar-refractivity contribution >= 4 is 33.7 Å². The van der Waals surface area contributed by atoms with E-state index in [-0.39, 0.29) is 18.1 Å². The van der Waals surface area contributed by atoms with Gasteiger partial charge in [0.15, 0.2) is 6.61 Å². The number of rotatable bonds is 6. The van der Waals surface area contributed by atoms with Crippen molar-refractivity contribution in [3.05, 3.63) is 65.0 Å². The zero-order valence-corrected chi connectivity index (χ0v) is 19.1. The molecule has 1 amide bonds. The molecule has 190 valence electrons. The summed E-state index contributed by atoms with van der Waals surface area (Å²) in [5.74, 6) is -1.81. The number of nitrogens with one attached hydrogen (secondary N) is 3. The van der Waals surface area contributed by atoms with Crippen LogP contribution in [0.15, 0.2) is 59.4 Å². The molecular weight excluding hydrogens is 481 g/mol. The lowest BCUT2D eigenvalue weighted by molar-refractivity contribution is -0.196. The predicted octanol–water partition coefficient (Wildman–Crippen LogP) is 2.85. The van der Waals surface area contributed by atoms with Crippen LogP contribution in [0.1, 0.15) is 0 Å². The number of methoxy groups -OCH3 is 1. The molecule has 2 aromatic carbocycles. The molecule has 0 aliphatic carbocycles. The smallest absolute Gasteiger partial charge is 0.484 e. The molecule has 0 fully saturated rings. The first kappa shape index (κ1) is 26.3. The first-order valence-electron chi connectivity index (χ1n) is 10.6. The molecule has 5 N–H and O–H groups in total. The Morgan fingerprint density at radius 1 is 1.00 bits per heavy atom. The van der Waals surface area contributed by atoms with Crippen molar-refractivity contribution in [1.29, 1.82) is 0 Å². The van der Waals surface area contributed by atoms with E-state index in [1.807, 2.05) is 48.5 Å². The topological polar surface area (TPSA) is 139 Å². The molecule has 9 nitrogen and oxygen atoms in total. The van der Waals surface area contributed by atoms with Gasteiger partial charge in [-0.2, -0.15) is 13.2 Å². The summed E-state index contributed by atoms with van der Waals surface area (Å²) >= 11 is 0. The van der Waals surface area contributed by atoms with Gasteiger partial charge in [-0.1, -0.05) is 18.2 Å². The standard InChI is InChI=1S/C21H20N4O3.C3H3F3O2/c22-7-8-23-20(26)12-28-15-5-6-18-14(9-15)11-19(24-18)16-10-13-3-1-2-4-17(13)25-21(16)27;1-8-2(7)3(4,5)6/h1-6,9-11,24H,7-8,12,22H2,(H,23,26)(H,25,27);1H3. The second kappa shape index (κ2) is 11.4. The van der Waals surface area contributed by atoms with Gasteiger partial charge in [-0.25, -0.2) is 4.79 Å². The normalized spacial score (nSPS) is 11.0. The van der Waals surface area contributed by atoms with E-state index in [1.165, 1.54) is 0 Å². The summed E-state index contributed by atoms with van der Waals surface area (Å²) in [4.78, 5) is 39.8. The van der Waals surface area contributed by atoms with Gasteiger partial charge in [0.1, 0.15) is 5.75 Å². The van der Waals surface area contributed by atoms with Crippen LogP contribution in [0.2, 0.25) is 0 Å². The number of para-hydroxylation sites is 1. The summed E-state index contributed by atoms with van der Waals surface area (Å²) in [5.41, 5.74) is 8.17. The Morgan fingerprint density at radius 2 is 1.72 bits per heavy atom. The summed E-state index contributed by atoms with van der Waals surface area (Å²) in [7, 11) is 0.676. The van der Waals surface area contributed by atoms with Crippen molar-refractivity contribution in [1.82, 2.24) is 15.3 Å². The fraction of sp³-hybridized carbons (Fsp3) is 0.208. The Labute approximate surface area is 202 Å². The molecule has 36 heavy (non-hydrogen) atoms. The van der Waals surface area contributed by atoms with Crippen molar-refractivity contribution in [2.75, 3.05) is 26.8 Å². The first-order chi connectivity index (χ1) is 17.1. The Hall–Kier alpha value is -4.32. The van der Waals surface area contributed by atoms with Crippen LogP contribution in [0, 0.1) is 0 Å². The Bertz CT molecular complexity index is 1430. The minimum Gasteiger partial charge on any atom is -0.484 e. The number of pyridine rings is 1. The molecule has 0 spiro atoms. The summed E-state index contributed by atoms with van der Waals surface area (Å²) in [6, 6.07) is 16.9. The Kier molecular flexibility index (Phi) is 8.33. The Balaban J connectivity index is 0.000000392. The molecule has 0 aliphatic heterocycles. The van der Waals surface area contributed by atoms with Crippen LogP contribution in [0.25, 0.3) is 33.1 Å². The van der Waals surface area contributed by atoms with Crippen LogP contribution in [-0.4, -0.2) is 54.8 Å². The quantitative estimate of drug-likeness (QED) is 0.298. The van der Waals surface area contributed by atoms with Crippen LogP contribution in [0.4, 0.5) is 13.2 Å². The molecule has 0 saturated carbocycles. The van der Waals surface area contributed by atoms with Gasteiger partial charge in [-0.3, -0.25) is 9.59 Å². The lowest BCUT2D eigenvalue weighted by atomic mass is 10.1. The van der Waals surface area contributed by atoms with Crippen LogP contribution >= 0.6 is 0 Å². The zero-order valence-electron chi connectivity index (χ0n) is 19.1. The van der Waals surface area contributed by atoms with Gasteiger partial charge in [0.25, 0.3) is 11.5 Å². The summed E-state index contributed by atoms with van der Waals surface area (Å²) in [6.45, 7) is 0.730. The monoisotopic (exact) mass is 504 g/mol. The molecule has 0 radical (unpaired) electrons. The molecule has 2 aromatic heterocycles. The number of aromatic amines is 2. The number of hydrogen-bond acceptors (Lipinski definition) is 6. The molecule has 12 heteroatoms. The Morgan fingerprint density at radius 3 is 2.39 bits per heavy atom. The number of carbonyl (C=O) groups excluding carboxylic acids is 2. The van der Waals surface area contributed by atoms with Crippen molar-refractivity contribution < 1.29 is 32.2 Å². The number of H-pyrrole nitrogens is 2. The van der Waals surface area contributed by atoms with Gasteiger partial charge >= 0.3 is 12.1 Å². The number of hydrogen-bond donors (Lipinski definition) is 4. The van der Waals surface area contributed by atoms with Gasteiger partial charge in [-0.05, 0) is 41.8 Å². The van der Waals surface area contributed by atoms with Crippen LogP contribution < -0.4 is 21.3 Å². The average molecular weight is 504 g/mol. The number of carbonyl (C=O) groups is 2. The number of fused-ring (bicyclic) bond motifs is 2. The fourth-order valence-electron chi connectivity index (χ4n) is 3.22. The number of halogens is 3. The maximum atomic E-state index is 12.5. The van der Waals surface area contributed by atoms with Crippen molar-refractivity contribution in [2.24, 2.45) is 5.73 Å². The second-order valence-corrected chi connectivity index (χ2v) is 7.45. The van der Waals surface area contributed by atoms with E-state index in [1.54, 1.807) is 6.07 Å². The minimum atomic E-state index is -4.85. The molecule has 0 saturated heterocycles. The largest absolute Gasteiger partial charge is 0.490 e.